The molecular formula is C13H14F2N2O2. The van der Waals surface area contributed by atoms with Gasteiger partial charge in [0.05, 0.1) is 7.11 Å². The molecule has 0 radical (unpaired) electrons. The van der Waals surface area contributed by atoms with E-state index in [0.29, 0.717) is 0 Å². The molecule has 0 saturated carbocycles. The van der Waals surface area contributed by atoms with Crippen LogP contribution >= 0.6 is 0 Å². The molecule has 1 aromatic rings. The summed E-state index contributed by atoms with van der Waals surface area (Å²) in [6.45, 7) is 3.28. The van der Waals surface area contributed by atoms with Crippen molar-refractivity contribution in [2.75, 3.05) is 13.7 Å². The largest absolute Gasteiger partial charge is 0.494 e. The summed E-state index contributed by atoms with van der Waals surface area (Å²) >= 11 is 0. The number of ether oxygens (including phenoxy) is 1. The van der Waals surface area contributed by atoms with E-state index in [-0.39, 0.29) is 17.9 Å². The van der Waals surface area contributed by atoms with E-state index in [0.717, 1.165) is 12.1 Å². The number of hydrogen-bond donors (Lipinski definition) is 1. The predicted octanol–water partition coefficient (Wildman–Crippen LogP) is 1.89. The third-order valence-electron chi connectivity index (χ3n) is 2.76. The molecule has 0 bridgehead atoms. The van der Waals surface area contributed by atoms with Crippen molar-refractivity contribution >= 4 is 5.91 Å². The van der Waals surface area contributed by atoms with Crippen LogP contribution in [0.4, 0.5) is 8.78 Å². The van der Waals surface area contributed by atoms with E-state index in [9.17, 15) is 13.6 Å². The maximum absolute atomic E-state index is 13.9. The van der Waals surface area contributed by atoms with Gasteiger partial charge in [-0.15, -0.1) is 0 Å². The fourth-order valence-electron chi connectivity index (χ4n) is 1.64. The number of amides is 1. The van der Waals surface area contributed by atoms with E-state index in [1.807, 2.05) is 0 Å². The lowest BCUT2D eigenvalue weighted by molar-refractivity contribution is -0.116. The molecule has 0 atom stereocenters. The molecule has 0 spiro atoms. The molecule has 0 aliphatic rings. The molecule has 0 unspecified atom stereocenters. The number of rotatable bonds is 4. The number of benzene rings is 1. The molecule has 4 nitrogen and oxygen atoms in total. The van der Waals surface area contributed by atoms with Gasteiger partial charge in [-0.3, -0.25) is 4.79 Å². The zero-order valence-corrected chi connectivity index (χ0v) is 10.9. The van der Waals surface area contributed by atoms with Crippen LogP contribution in [0.15, 0.2) is 12.1 Å². The molecule has 1 aromatic carbocycles. The highest BCUT2D eigenvalue weighted by Crippen LogP contribution is 2.30. The quantitative estimate of drug-likeness (QED) is 0.848. The highest BCUT2D eigenvalue weighted by molar-refractivity contribution is 5.91. The number of nitrogens with zero attached hydrogens (tertiary/aromatic N) is 1. The number of hydrogen-bond acceptors (Lipinski definition) is 3. The van der Waals surface area contributed by atoms with Gasteiger partial charge in [0.15, 0.2) is 17.6 Å². The van der Waals surface area contributed by atoms with Crippen LogP contribution in [0.3, 0.4) is 0 Å². The molecule has 0 heterocycles. The first-order valence-corrected chi connectivity index (χ1v) is 5.53. The Morgan fingerprint density at radius 2 is 2.05 bits per heavy atom. The summed E-state index contributed by atoms with van der Waals surface area (Å²) < 4.78 is 32.2. The van der Waals surface area contributed by atoms with Gasteiger partial charge in [0, 0.05) is 18.0 Å². The van der Waals surface area contributed by atoms with Gasteiger partial charge in [-0.25, -0.2) is 8.78 Å². The summed E-state index contributed by atoms with van der Waals surface area (Å²) in [5.74, 6) is -2.31. The lowest BCUT2D eigenvalue weighted by atomic mass is 9.84. The summed E-state index contributed by atoms with van der Waals surface area (Å²) in [4.78, 5) is 10.9. The van der Waals surface area contributed by atoms with Crippen LogP contribution in [-0.4, -0.2) is 19.6 Å². The number of carbonyl (C=O) groups excluding carboxylic acids is 1. The van der Waals surface area contributed by atoms with Crippen LogP contribution in [0.25, 0.3) is 0 Å². The van der Waals surface area contributed by atoms with E-state index < -0.39 is 23.0 Å². The minimum atomic E-state index is -0.857. The van der Waals surface area contributed by atoms with Crippen molar-refractivity contribution in [2.24, 2.45) is 0 Å². The van der Waals surface area contributed by atoms with Crippen LogP contribution in [0.1, 0.15) is 19.4 Å². The molecule has 0 aromatic heterocycles. The van der Waals surface area contributed by atoms with Gasteiger partial charge < -0.3 is 10.1 Å². The normalized spacial score (nSPS) is 10.7. The van der Waals surface area contributed by atoms with Crippen molar-refractivity contribution in [3.63, 3.8) is 0 Å². The minimum absolute atomic E-state index is 0.0160. The van der Waals surface area contributed by atoms with Gasteiger partial charge in [0.2, 0.25) is 0 Å². The fourth-order valence-corrected chi connectivity index (χ4v) is 1.64. The van der Waals surface area contributed by atoms with Gasteiger partial charge in [-0.2, -0.15) is 5.26 Å². The van der Waals surface area contributed by atoms with Gasteiger partial charge in [0.1, 0.15) is 5.82 Å². The lowest BCUT2D eigenvalue weighted by Gasteiger charge is -2.26. The van der Waals surface area contributed by atoms with Crippen LogP contribution < -0.4 is 10.1 Å². The van der Waals surface area contributed by atoms with E-state index in [4.69, 9.17) is 5.26 Å². The number of nitrogens with one attached hydrogen (secondary N) is 1. The highest BCUT2D eigenvalue weighted by Gasteiger charge is 2.26. The van der Waals surface area contributed by atoms with Gasteiger partial charge >= 0.3 is 5.91 Å². The molecule has 1 rings (SSSR count). The molecular weight excluding hydrogens is 254 g/mol. The minimum Gasteiger partial charge on any atom is -0.494 e. The molecule has 0 aliphatic carbocycles. The van der Waals surface area contributed by atoms with Crippen molar-refractivity contribution < 1.29 is 18.3 Å². The van der Waals surface area contributed by atoms with E-state index in [2.05, 4.69) is 10.1 Å². The number of halogens is 2. The molecule has 19 heavy (non-hydrogen) atoms. The zero-order valence-electron chi connectivity index (χ0n) is 10.9. The third kappa shape index (κ3) is 3.41. The van der Waals surface area contributed by atoms with Crippen molar-refractivity contribution in [3.05, 3.63) is 29.3 Å². The van der Waals surface area contributed by atoms with Gasteiger partial charge in [0.25, 0.3) is 0 Å². The second-order valence-corrected chi connectivity index (χ2v) is 4.64. The smallest absolute Gasteiger partial charge is 0.322 e. The first-order chi connectivity index (χ1) is 8.81. The first kappa shape index (κ1) is 14.9. The predicted molar refractivity (Wildman–Crippen MR) is 64.6 cm³/mol. The van der Waals surface area contributed by atoms with Gasteiger partial charge in [-0.1, -0.05) is 13.8 Å². The van der Waals surface area contributed by atoms with Crippen LogP contribution in [0.5, 0.6) is 5.75 Å². The molecule has 102 valence electrons. The molecule has 0 fully saturated rings. The van der Waals surface area contributed by atoms with E-state index >= 15 is 0 Å². The summed E-state index contributed by atoms with van der Waals surface area (Å²) in [5, 5.41) is 10.7. The third-order valence-corrected chi connectivity index (χ3v) is 2.76. The SMILES string of the molecule is COc1cc(F)c(C(C)(C)CNC(=O)C#N)cc1F. The second-order valence-electron chi connectivity index (χ2n) is 4.64. The molecule has 6 heteroatoms. The average molecular weight is 268 g/mol. The van der Waals surface area contributed by atoms with Crippen molar-refractivity contribution in [1.82, 2.24) is 5.32 Å². The summed E-state index contributed by atoms with van der Waals surface area (Å²) in [6, 6.07) is 3.39. The number of nitriles is 1. The van der Waals surface area contributed by atoms with Crippen LogP contribution in [0.2, 0.25) is 0 Å². The van der Waals surface area contributed by atoms with Crippen LogP contribution in [-0.2, 0) is 10.2 Å². The van der Waals surface area contributed by atoms with Gasteiger partial charge in [-0.05, 0) is 11.6 Å². The Morgan fingerprint density at radius 1 is 1.42 bits per heavy atom. The summed E-state index contributed by atoms with van der Waals surface area (Å²) in [5.41, 5.74) is -0.756. The Bertz CT molecular complexity index is 536. The molecule has 1 N–H and O–H groups in total. The Kier molecular flexibility index (Phi) is 4.43. The Balaban J connectivity index is 3.04. The standard InChI is InChI=1S/C13H14F2N2O2/c1-13(2,7-17-12(18)6-16)8-4-10(15)11(19-3)5-9(8)14/h4-5H,7H2,1-3H3,(H,17,18). The molecule has 1 amide bonds. The molecule has 0 aliphatic heterocycles. The fraction of sp³-hybridized carbons (Fsp3) is 0.385. The summed E-state index contributed by atoms with van der Waals surface area (Å²) in [7, 11) is 1.25. The maximum atomic E-state index is 13.9. The van der Waals surface area contributed by atoms with E-state index in [1.165, 1.54) is 13.2 Å². The van der Waals surface area contributed by atoms with Crippen molar-refractivity contribution in [1.29, 1.82) is 5.26 Å². The van der Waals surface area contributed by atoms with Crippen LogP contribution in [0, 0.1) is 23.0 Å². The monoisotopic (exact) mass is 268 g/mol. The van der Waals surface area contributed by atoms with Crippen molar-refractivity contribution in [2.45, 2.75) is 19.3 Å². The first-order valence-electron chi connectivity index (χ1n) is 5.53. The van der Waals surface area contributed by atoms with E-state index in [1.54, 1.807) is 13.8 Å². The Hall–Kier alpha value is -2.16. The highest BCUT2D eigenvalue weighted by atomic mass is 19.1. The average Bonchev–Trinajstić information content (AvgIpc) is 2.38. The second kappa shape index (κ2) is 5.65. The number of methoxy groups -OCH3 is 1. The zero-order chi connectivity index (χ0) is 14.6. The van der Waals surface area contributed by atoms with Crippen molar-refractivity contribution in [3.8, 4) is 11.8 Å². The Labute approximate surface area is 110 Å². The maximum Gasteiger partial charge on any atom is 0.322 e. The summed E-state index contributed by atoms with van der Waals surface area (Å²) in [6.07, 6.45) is 0. The topological polar surface area (TPSA) is 62.1 Å². The lowest BCUT2D eigenvalue weighted by Crippen LogP contribution is -2.36. The number of carbonyl (C=O) groups is 1. The molecule has 0 saturated heterocycles. The Morgan fingerprint density at radius 3 is 2.58 bits per heavy atom.